The molecule has 1 aliphatic heterocycles. The molecule has 2 aromatic carbocycles. The Morgan fingerprint density at radius 1 is 1.19 bits per heavy atom. The highest BCUT2D eigenvalue weighted by Gasteiger charge is 2.35. The molecule has 1 amide bonds. The highest BCUT2D eigenvalue weighted by atomic mass is 35.5. The molecular weight excluding hydrogens is 400 g/mol. The van der Waals surface area contributed by atoms with Crippen molar-refractivity contribution in [1.82, 2.24) is 4.90 Å². The summed E-state index contributed by atoms with van der Waals surface area (Å²) in [7, 11) is -3.22. The van der Waals surface area contributed by atoms with E-state index < -0.39 is 27.6 Å². The standard InChI is InChI=1S/C18H16Cl2FNO3S/c19-13-6-5-12(16(20)9-13)10-22(14-7-8-26(24,25)11-14)18(23)15-3-1-2-4-17(15)21/h1-6,9,14H,7-8,10-11H2/t14-/m1/s1. The van der Waals surface area contributed by atoms with Crippen LogP contribution in [-0.2, 0) is 16.4 Å². The van der Waals surface area contributed by atoms with Gasteiger partial charge in [0.1, 0.15) is 5.82 Å². The lowest BCUT2D eigenvalue weighted by atomic mass is 10.1. The summed E-state index contributed by atoms with van der Waals surface area (Å²) in [4.78, 5) is 14.4. The van der Waals surface area contributed by atoms with Crippen LogP contribution in [0.25, 0.3) is 0 Å². The Kier molecular flexibility index (Phi) is 5.55. The SMILES string of the molecule is O=C(c1ccccc1F)N(Cc1ccc(Cl)cc1Cl)[C@@H]1CCS(=O)(=O)C1. The van der Waals surface area contributed by atoms with Crippen LogP contribution in [0.3, 0.4) is 0 Å². The van der Waals surface area contributed by atoms with Gasteiger partial charge in [0.2, 0.25) is 0 Å². The molecule has 2 aromatic rings. The van der Waals surface area contributed by atoms with Gasteiger partial charge in [0.05, 0.1) is 17.1 Å². The normalized spacial score (nSPS) is 18.7. The van der Waals surface area contributed by atoms with E-state index in [0.717, 1.165) is 0 Å². The predicted molar refractivity (Wildman–Crippen MR) is 99.8 cm³/mol. The Morgan fingerprint density at radius 3 is 2.54 bits per heavy atom. The molecule has 0 aliphatic carbocycles. The molecule has 26 heavy (non-hydrogen) atoms. The van der Waals surface area contributed by atoms with Gasteiger partial charge < -0.3 is 4.90 Å². The number of carbonyl (C=O) groups excluding carboxylic acids is 1. The van der Waals surface area contributed by atoms with Crippen molar-refractivity contribution in [3.05, 3.63) is 69.5 Å². The fourth-order valence-electron chi connectivity index (χ4n) is 3.01. The van der Waals surface area contributed by atoms with Crippen LogP contribution in [0, 0.1) is 5.82 Å². The molecule has 1 fully saturated rings. The fourth-order valence-corrected chi connectivity index (χ4v) is 5.21. The van der Waals surface area contributed by atoms with Gasteiger partial charge in [-0.25, -0.2) is 12.8 Å². The number of halogens is 3. The molecule has 4 nitrogen and oxygen atoms in total. The van der Waals surface area contributed by atoms with E-state index in [1.165, 1.54) is 23.1 Å². The Morgan fingerprint density at radius 2 is 1.92 bits per heavy atom. The van der Waals surface area contributed by atoms with Crippen molar-refractivity contribution in [2.45, 2.75) is 19.0 Å². The smallest absolute Gasteiger partial charge is 0.257 e. The first-order valence-corrected chi connectivity index (χ1v) is 10.5. The molecule has 1 atom stereocenters. The summed E-state index contributed by atoms with van der Waals surface area (Å²) < 4.78 is 37.9. The van der Waals surface area contributed by atoms with E-state index in [2.05, 4.69) is 0 Å². The second-order valence-corrected chi connectivity index (χ2v) is 9.28. The molecule has 0 saturated carbocycles. The number of hydrogen-bond donors (Lipinski definition) is 0. The van der Waals surface area contributed by atoms with Crippen molar-refractivity contribution >= 4 is 38.9 Å². The third-order valence-electron chi connectivity index (χ3n) is 4.37. The monoisotopic (exact) mass is 415 g/mol. The topological polar surface area (TPSA) is 54.5 Å². The number of sulfone groups is 1. The lowest BCUT2D eigenvalue weighted by Gasteiger charge is -2.29. The summed E-state index contributed by atoms with van der Waals surface area (Å²) >= 11 is 12.1. The van der Waals surface area contributed by atoms with Crippen molar-refractivity contribution < 1.29 is 17.6 Å². The van der Waals surface area contributed by atoms with Crippen LogP contribution >= 0.6 is 23.2 Å². The zero-order valence-electron chi connectivity index (χ0n) is 13.7. The molecule has 0 spiro atoms. The number of benzene rings is 2. The quantitative estimate of drug-likeness (QED) is 0.758. The Labute approximate surface area is 161 Å². The zero-order valence-corrected chi connectivity index (χ0v) is 16.0. The van der Waals surface area contributed by atoms with Crippen molar-refractivity contribution in [2.75, 3.05) is 11.5 Å². The summed E-state index contributed by atoms with van der Waals surface area (Å²) in [5, 5.41) is 0.818. The summed E-state index contributed by atoms with van der Waals surface area (Å²) in [6, 6.07) is 9.98. The molecule has 138 valence electrons. The number of hydrogen-bond acceptors (Lipinski definition) is 3. The van der Waals surface area contributed by atoms with Crippen molar-refractivity contribution in [1.29, 1.82) is 0 Å². The van der Waals surface area contributed by atoms with Crippen molar-refractivity contribution in [3.8, 4) is 0 Å². The van der Waals surface area contributed by atoms with Gasteiger partial charge in [0, 0.05) is 22.6 Å². The maximum Gasteiger partial charge on any atom is 0.257 e. The third kappa shape index (κ3) is 4.19. The number of carbonyl (C=O) groups is 1. The van der Waals surface area contributed by atoms with Crippen molar-refractivity contribution in [2.24, 2.45) is 0 Å². The average molecular weight is 416 g/mol. The molecule has 1 heterocycles. The van der Waals surface area contributed by atoms with Gasteiger partial charge in [-0.05, 0) is 36.2 Å². The summed E-state index contributed by atoms with van der Waals surface area (Å²) in [5.41, 5.74) is 0.520. The Hall–Kier alpha value is -1.63. The number of amides is 1. The van der Waals surface area contributed by atoms with E-state index >= 15 is 0 Å². The molecule has 3 rings (SSSR count). The van der Waals surface area contributed by atoms with Crippen LogP contribution in [0.15, 0.2) is 42.5 Å². The molecule has 0 bridgehead atoms. The minimum Gasteiger partial charge on any atom is -0.330 e. The predicted octanol–water partition coefficient (Wildman–Crippen LogP) is 3.96. The van der Waals surface area contributed by atoms with Gasteiger partial charge >= 0.3 is 0 Å². The molecule has 0 aromatic heterocycles. The minimum absolute atomic E-state index is 0.00701. The van der Waals surface area contributed by atoms with Crippen LogP contribution in [0.4, 0.5) is 4.39 Å². The van der Waals surface area contributed by atoms with Crippen molar-refractivity contribution in [3.63, 3.8) is 0 Å². The van der Waals surface area contributed by atoms with Gasteiger partial charge in [-0.1, -0.05) is 41.4 Å². The van der Waals surface area contributed by atoms with Gasteiger partial charge in [-0.15, -0.1) is 0 Å². The molecule has 1 aliphatic rings. The van der Waals surface area contributed by atoms with E-state index in [-0.39, 0.29) is 23.6 Å². The molecule has 8 heteroatoms. The van der Waals surface area contributed by atoms with E-state index in [4.69, 9.17) is 23.2 Å². The van der Waals surface area contributed by atoms with E-state index in [9.17, 15) is 17.6 Å². The molecule has 0 radical (unpaired) electrons. The first-order chi connectivity index (χ1) is 12.3. The average Bonchev–Trinajstić information content (AvgIpc) is 2.94. The zero-order chi connectivity index (χ0) is 18.9. The second-order valence-electron chi connectivity index (χ2n) is 6.21. The molecule has 1 saturated heterocycles. The van der Waals surface area contributed by atoms with E-state index in [1.807, 2.05) is 0 Å². The molecular formula is C18H16Cl2FNO3S. The maximum atomic E-state index is 14.1. The Balaban J connectivity index is 1.96. The number of rotatable bonds is 4. The fraction of sp³-hybridized carbons (Fsp3) is 0.278. The van der Waals surface area contributed by atoms with Crippen LogP contribution in [0.5, 0.6) is 0 Å². The van der Waals surface area contributed by atoms with Crippen LogP contribution in [0.2, 0.25) is 10.0 Å². The highest BCUT2D eigenvalue weighted by molar-refractivity contribution is 7.91. The maximum absolute atomic E-state index is 14.1. The van der Waals surface area contributed by atoms with Gasteiger partial charge in [-0.2, -0.15) is 0 Å². The third-order valence-corrected chi connectivity index (χ3v) is 6.71. The molecule has 0 unspecified atom stereocenters. The summed E-state index contributed by atoms with van der Waals surface area (Å²) in [5.74, 6) is -1.34. The first-order valence-electron chi connectivity index (χ1n) is 7.97. The van der Waals surface area contributed by atoms with Crippen LogP contribution in [-0.4, -0.2) is 36.8 Å². The van der Waals surface area contributed by atoms with E-state index in [1.54, 1.807) is 24.3 Å². The Bertz CT molecular complexity index is 949. The highest BCUT2D eigenvalue weighted by Crippen LogP contribution is 2.27. The first kappa shape index (κ1) is 19.1. The van der Waals surface area contributed by atoms with Crippen LogP contribution in [0.1, 0.15) is 22.3 Å². The van der Waals surface area contributed by atoms with Gasteiger partial charge in [-0.3, -0.25) is 4.79 Å². The largest absolute Gasteiger partial charge is 0.330 e. The summed E-state index contributed by atoms with van der Waals surface area (Å²) in [6.07, 6.45) is 0.313. The lowest BCUT2D eigenvalue weighted by molar-refractivity contribution is 0.0676. The second kappa shape index (κ2) is 7.55. The van der Waals surface area contributed by atoms with E-state index in [0.29, 0.717) is 22.0 Å². The van der Waals surface area contributed by atoms with Gasteiger partial charge in [0.15, 0.2) is 9.84 Å². The number of nitrogens with zero attached hydrogens (tertiary/aromatic N) is 1. The van der Waals surface area contributed by atoms with Crippen LogP contribution < -0.4 is 0 Å². The molecule has 0 N–H and O–H groups in total. The summed E-state index contributed by atoms with van der Waals surface area (Å²) in [6.45, 7) is 0.0728. The minimum atomic E-state index is -3.22. The van der Waals surface area contributed by atoms with Gasteiger partial charge in [0.25, 0.3) is 5.91 Å². The lowest BCUT2D eigenvalue weighted by Crippen LogP contribution is -2.41.